The molecule has 0 atom stereocenters. The Bertz CT molecular complexity index is 132. The van der Waals surface area contributed by atoms with Crippen molar-refractivity contribution < 1.29 is 4.28 Å². The number of rotatable bonds is 5. The molecule has 0 radical (unpaired) electrons. The molecule has 1 saturated carbocycles. The fourth-order valence-corrected chi connectivity index (χ4v) is 1.59. The van der Waals surface area contributed by atoms with Crippen molar-refractivity contribution in [1.82, 2.24) is 9.42 Å². The molecule has 0 spiro atoms. The number of hydrazine groups is 1. The largest absolute Gasteiger partial charge is 0.233 e. The Morgan fingerprint density at radius 3 is 2.58 bits per heavy atom. The second kappa shape index (κ2) is 5.04. The van der Waals surface area contributed by atoms with Gasteiger partial charge in [-0.15, -0.1) is 0 Å². The van der Waals surface area contributed by atoms with Crippen LogP contribution in [0.4, 0.5) is 0 Å². The van der Waals surface area contributed by atoms with Gasteiger partial charge in [-0.25, -0.2) is 15.2 Å². The van der Waals surface area contributed by atoms with Crippen LogP contribution in [0.1, 0.15) is 19.3 Å². The van der Waals surface area contributed by atoms with Crippen LogP contribution in [-0.4, -0.2) is 30.1 Å². The molecule has 2 N–H and O–H groups in total. The lowest BCUT2D eigenvalue weighted by atomic mass is 9.85. The van der Waals surface area contributed by atoms with Crippen LogP contribution in [0.15, 0.2) is 0 Å². The van der Waals surface area contributed by atoms with E-state index >= 15 is 0 Å². The zero-order chi connectivity index (χ0) is 8.97. The molecular weight excluding hydrogens is 174 g/mol. The fraction of sp³-hybridized carbons (Fsp3) is 1.00. The molecule has 4 nitrogen and oxygen atoms in total. The van der Waals surface area contributed by atoms with E-state index in [1.54, 1.807) is 0 Å². The van der Waals surface area contributed by atoms with Crippen molar-refractivity contribution in [2.45, 2.75) is 19.3 Å². The average Bonchev–Trinajstić information content (AvgIpc) is 1.97. The normalized spacial score (nSPS) is 18.8. The first-order valence-corrected chi connectivity index (χ1v) is 4.92. The van der Waals surface area contributed by atoms with E-state index in [0.717, 1.165) is 24.7 Å². The summed E-state index contributed by atoms with van der Waals surface area (Å²) in [5.41, 5.74) is 0. The van der Waals surface area contributed by atoms with E-state index in [0.29, 0.717) is 0 Å². The van der Waals surface area contributed by atoms with Gasteiger partial charge in [0.15, 0.2) is 0 Å². The van der Waals surface area contributed by atoms with Crippen LogP contribution < -0.4 is 5.90 Å². The van der Waals surface area contributed by atoms with Crippen LogP contribution in [0.25, 0.3) is 0 Å². The van der Waals surface area contributed by atoms with Crippen molar-refractivity contribution in [3.05, 3.63) is 0 Å². The molecule has 1 fully saturated rings. The monoisotopic (exact) mass is 191 g/mol. The molecule has 1 rings (SSSR count). The van der Waals surface area contributed by atoms with Crippen LogP contribution in [0, 0.1) is 5.92 Å². The smallest absolute Gasteiger partial charge is 0.119 e. The molecule has 0 bridgehead atoms. The summed E-state index contributed by atoms with van der Waals surface area (Å²) in [5.74, 6) is 5.81. The van der Waals surface area contributed by atoms with E-state index < -0.39 is 0 Å². The molecule has 0 aromatic rings. The fourth-order valence-electron chi connectivity index (χ4n) is 1.28. The highest BCUT2D eigenvalue weighted by atomic mass is 32.2. The zero-order valence-electron chi connectivity index (χ0n) is 7.69. The standard InChI is InChI=1S/C7H17N3OS/c1-9(10(2)12-11-8)6-7-4-3-5-7/h7H,3-6,8H2,1-2H3. The van der Waals surface area contributed by atoms with Gasteiger partial charge in [0, 0.05) is 20.6 Å². The average molecular weight is 191 g/mol. The number of hydrogen-bond acceptors (Lipinski definition) is 5. The van der Waals surface area contributed by atoms with Gasteiger partial charge < -0.3 is 0 Å². The predicted molar refractivity (Wildman–Crippen MR) is 50.6 cm³/mol. The molecule has 0 amide bonds. The molecule has 0 aromatic carbocycles. The third kappa shape index (κ3) is 2.91. The quantitative estimate of drug-likeness (QED) is 0.399. The minimum atomic E-state index is 0.871. The molecule has 1 aliphatic rings. The Hall–Kier alpha value is 0.190. The molecule has 5 heteroatoms. The molecule has 0 aliphatic heterocycles. The van der Waals surface area contributed by atoms with Gasteiger partial charge in [0.05, 0.1) is 0 Å². The lowest BCUT2D eigenvalue weighted by molar-refractivity contribution is 0.0780. The van der Waals surface area contributed by atoms with Crippen LogP contribution in [-0.2, 0) is 4.28 Å². The number of nitrogens with two attached hydrogens (primary N) is 1. The molecule has 0 saturated heterocycles. The first-order chi connectivity index (χ1) is 5.74. The zero-order valence-corrected chi connectivity index (χ0v) is 8.51. The van der Waals surface area contributed by atoms with E-state index in [4.69, 9.17) is 5.90 Å². The minimum Gasteiger partial charge on any atom is -0.233 e. The van der Waals surface area contributed by atoms with Crippen LogP contribution >= 0.6 is 12.2 Å². The molecule has 72 valence electrons. The molecule has 0 unspecified atom stereocenters. The Kier molecular flexibility index (Phi) is 4.31. The van der Waals surface area contributed by atoms with Crippen molar-refractivity contribution in [1.29, 1.82) is 0 Å². The van der Waals surface area contributed by atoms with Crippen molar-refractivity contribution in [2.75, 3.05) is 20.6 Å². The second-order valence-electron chi connectivity index (χ2n) is 3.27. The predicted octanol–water partition coefficient (Wildman–Crippen LogP) is 1.02. The van der Waals surface area contributed by atoms with Gasteiger partial charge in [0.2, 0.25) is 0 Å². The van der Waals surface area contributed by atoms with Crippen molar-refractivity contribution in [2.24, 2.45) is 11.8 Å². The van der Waals surface area contributed by atoms with Gasteiger partial charge in [0.25, 0.3) is 0 Å². The summed E-state index contributed by atoms with van der Waals surface area (Å²) >= 11 is 1.15. The van der Waals surface area contributed by atoms with Gasteiger partial charge in [-0.2, -0.15) is 4.41 Å². The van der Waals surface area contributed by atoms with E-state index in [1.807, 2.05) is 18.5 Å². The third-order valence-electron chi connectivity index (χ3n) is 2.38. The summed E-state index contributed by atoms with van der Waals surface area (Å²) in [7, 11) is 3.99. The van der Waals surface area contributed by atoms with Crippen molar-refractivity contribution >= 4 is 12.2 Å². The molecule has 12 heavy (non-hydrogen) atoms. The molecule has 1 aliphatic carbocycles. The molecule has 0 heterocycles. The van der Waals surface area contributed by atoms with Crippen LogP contribution in [0.3, 0.4) is 0 Å². The summed E-state index contributed by atoms with van der Waals surface area (Å²) in [4.78, 5) is 0. The first kappa shape index (κ1) is 10.3. The summed E-state index contributed by atoms with van der Waals surface area (Å²) in [6.45, 7) is 1.10. The van der Waals surface area contributed by atoms with Crippen molar-refractivity contribution in [3.63, 3.8) is 0 Å². The molecule has 0 aromatic heterocycles. The highest BCUT2D eigenvalue weighted by Gasteiger charge is 2.20. The van der Waals surface area contributed by atoms with E-state index in [9.17, 15) is 0 Å². The highest BCUT2D eigenvalue weighted by molar-refractivity contribution is 7.92. The van der Waals surface area contributed by atoms with Crippen molar-refractivity contribution in [3.8, 4) is 0 Å². The maximum Gasteiger partial charge on any atom is 0.119 e. The van der Waals surface area contributed by atoms with Gasteiger partial charge in [-0.3, -0.25) is 0 Å². The lowest BCUT2D eigenvalue weighted by Crippen LogP contribution is -2.37. The summed E-state index contributed by atoms with van der Waals surface area (Å²) in [6.07, 6.45) is 4.13. The first-order valence-electron chi connectivity index (χ1n) is 4.22. The topological polar surface area (TPSA) is 41.7 Å². The maximum absolute atomic E-state index is 4.94. The van der Waals surface area contributed by atoms with Gasteiger partial charge >= 0.3 is 0 Å². The van der Waals surface area contributed by atoms with E-state index in [2.05, 4.69) is 9.29 Å². The summed E-state index contributed by atoms with van der Waals surface area (Å²) in [6, 6.07) is 0. The minimum absolute atomic E-state index is 0.871. The van der Waals surface area contributed by atoms with Gasteiger partial charge in [0.1, 0.15) is 12.2 Å². The third-order valence-corrected chi connectivity index (χ3v) is 2.96. The summed E-state index contributed by atoms with van der Waals surface area (Å²) in [5, 5.41) is 2.13. The second-order valence-corrected chi connectivity index (χ2v) is 4.14. The number of nitrogens with zero attached hydrogens (tertiary/aromatic N) is 2. The molecular formula is C7H17N3OS. The van der Waals surface area contributed by atoms with E-state index in [1.165, 1.54) is 19.3 Å². The lowest BCUT2D eigenvalue weighted by Gasteiger charge is -2.33. The van der Waals surface area contributed by atoms with E-state index in [-0.39, 0.29) is 0 Å². The summed E-state index contributed by atoms with van der Waals surface area (Å²) < 4.78 is 6.36. The Morgan fingerprint density at radius 1 is 1.50 bits per heavy atom. The van der Waals surface area contributed by atoms with Crippen LogP contribution in [0.2, 0.25) is 0 Å². The van der Waals surface area contributed by atoms with Gasteiger partial charge in [-0.1, -0.05) is 6.42 Å². The maximum atomic E-state index is 4.94. The Morgan fingerprint density at radius 2 is 2.17 bits per heavy atom. The Balaban J connectivity index is 2.12. The number of hydrogen-bond donors (Lipinski definition) is 1. The highest BCUT2D eigenvalue weighted by Crippen LogP contribution is 2.27. The van der Waals surface area contributed by atoms with Gasteiger partial charge in [-0.05, 0) is 18.8 Å². The Labute approximate surface area is 78.3 Å². The SMILES string of the molecule is CN(CC1CCC1)N(C)SON. The van der Waals surface area contributed by atoms with Crippen LogP contribution in [0.5, 0.6) is 0 Å².